The molecule has 0 bridgehead atoms. The molecule has 3 heterocycles. The molecule has 2 fully saturated rings. The third-order valence-electron chi connectivity index (χ3n) is 8.39. The first kappa shape index (κ1) is 27.8. The number of hydrogen-bond donors (Lipinski definition) is 0. The van der Waals surface area contributed by atoms with Gasteiger partial charge in [-0.25, -0.2) is 0 Å². The molecule has 3 aliphatic heterocycles. The number of carbonyl (C=O) groups is 1. The van der Waals surface area contributed by atoms with Crippen molar-refractivity contribution in [2.24, 2.45) is 0 Å². The lowest BCUT2D eigenvalue weighted by molar-refractivity contribution is -0.106. The van der Waals surface area contributed by atoms with E-state index < -0.39 is 12.0 Å². The Bertz CT molecular complexity index is 1340. The van der Waals surface area contributed by atoms with Gasteiger partial charge in [0.1, 0.15) is 29.5 Å². The molecule has 3 aromatic rings. The summed E-state index contributed by atoms with van der Waals surface area (Å²) < 4.78 is 24.8. The van der Waals surface area contributed by atoms with Crippen molar-refractivity contribution in [1.82, 2.24) is 4.90 Å². The highest BCUT2D eigenvalue weighted by Gasteiger charge is 2.41. The number of carbonyl (C=O) groups excluding carboxylic acids is 1. The number of hydrogen-bond acceptors (Lipinski definition) is 6. The van der Waals surface area contributed by atoms with E-state index in [1.165, 1.54) is 5.56 Å². The normalized spacial score (nSPS) is 23.0. The number of nitrogens with zero attached hydrogens (tertiary/aromatic N) is 1. The van der Waals surface area contributed by atoms with Crippen LogP contribution in [0.25, 0.3) is 0 Å². The lowest BCUT2D eigenvalue weighted by atomic mass is 9.77. The SMILES string of the molecule is CCCN1CC(Oc2ccc(C3Oc4cc(OC5CCCCO5)ccc4C(=O)C3c3ccccc3C(C)C)cc2)C1. The summed E-state index contributed by atoms with van der Waals surface area (Å²) in [7, 11) is 0. The highest BCUT2D eigenvalue weighted by molar-refractivity contribution is 6.05. The van der Waals surface area contributed by atoms with E-state index in [2.05, 4.69) is 37.8 Å². The summed E-state index contributed by atoms with van der Waals surface area (Å²) in [6.07, 6.45) is 3.65. The van der Waals surface area contributed by atoms with Crippen LogP contribution in [-0.2, 0) is 4.74 Å². The zero-order valence-corrected chi connectivity index (χ0v) is 24.4. The molecule has 2 saturated heterocycles. The Morgan fingerprint density at radius 3 is 2.46 bits per heavy atom. The van der Waals surface area contributed by atoms with Crippen molar-refractivity contribution >= 4 is 5.78 Å². The highest BCUT2D eigenvalue weighted by Crippen LogP contribution is 2.47. The second-order valence-electron chi connectivity index (χ2n) is 11.8. The Hall–Kier alpha value is -3.35. The largest absolute Gasteiger partial charge is 0.488 e. The number of rotatable bonds is 9. The Morgan fingerprint density at radius 1 is 0.951 bits per heavy atom. The van der Waals surface area contributed by atoms with Gasteiger partial charge in [-0.2, -0.15) is 0 Å². The first-order valence-electron chi connectivity index (χ1n) is 15.2. The summed E-state index contributed by atoms with van der Waals surface area (Å²) in [6.45, 7) is 10.3. The summed E-state index contributed by atoms with van der Waals surface area (Å²) in [5.41, 5.74) is 3.72. The van der Waals surface area contributed by atoms with E-state index in [-0.39, 0.29) is 24.1 Å². The molecular formula is C35H41NO5. The predicted octanol–water partition coefficient (Wildman–Crippen LogP) is 7.29. The summed E-state index contributed by atoms with van der Waals surface area (Å²) in [6, 6.07) is 21.9. The zero-order chi connectivity index (χ0) is 28.3. The second kappa shape index (κ2) is 12.3. The summed E-state index contributed by atoms with van der Waals surface area (Å²) in [5.74, 6) is 1.94. The standard InChI is InChI=1S/C35H41NO5/c1-4-18-36-21-27(22-36)39-25-14-12-24(13-15-25)35-33(29-10-6-5-9-28(29)23(2)3)34(37)30-17-16-26(20-31(30)41-35)40-32-11-7-8-19-38-32/h5-6,9-10,12-17,20,23,27,32-33,35H,4,7-8,11,18-19,21-22H2,1-3H3. The van der Waals surface area contributed by atoms with Gasteiger partial charge in [0.2, 0.25) is 0 Å². The molecule has 0 spiro atoms. The van der Waals surface area contributed by atoms with Crippen molar-refractivity contribution in [3.8, 4) is 17.2 Å². The van der Waals surface area contributed by atoms with Crippen molar-refractivity contribution in [1.29, 1.82) is 0 Å². The quantitative estimate of drug-likeness (QED) is 0.276. The van der Waals surface area contributed by atoms with Crippen molar-refractivity contribution in [3.05, 3.63) is 89.0 Å². The molecule has 216 valence electrons. The molecule has 3 aromatic carbocycles. The minimum Gasteiger partial charge on any atom is -0.488 e. The molecule has 41 heavy (non-hydrogen) atoms. The number of benzene rings is 3. The van der Waals surface area contributed by atoms with E-state index in [0.29, 0.717) is 23.7 Å². The Morgan fingerprint density at radius 2 is 1.73 bits per heavy atom. The molecular weight excluding hydrogens is 514 g/mol. The minimum absolute atomic E-state index is 0.0654. The maximum absolute atomic E-state index is 14.2. The topological polar surface area (TPSA) is 57.2 Å². The molecule has 6 nitrogen and oxygen atoms in total. The first-order chi connectivity index (χ1) is 20.0. The molecule has 6 rings (SSSR count). The lowest BCUT2D eigenvalue weighted by Crippen LogP contribution is -2.53. The van der Waals surface area contributed by atoms with Crippen LogP contribution in [0.2, 0.25) is 0 Å². The molecule has 0 radical (unpaired) electrons. The number of fused-ring (bicyclic) bond motifs is 1. The van der Waals surface area contributed by atoms with Gasteiger partial charge in [0.15, 0.2) is 12.1 Å². The molecule has 0 amide bonds. The van der Waals surface area contributed by atoms with Crippen LogP contribution in [0.5, 0.6) is 17.2 Å². The van der Waals surface area contributed by atoms with Gasteiger partial charge in [0.05, 0.1) is 18.1 Å². The third-order valence-corrected chi connectivity index (χ3v) is 8.39. The van der Waals surface area contributed by atoms with Gasteiger partial charge in [-0.3, -0.25) is 9.69 Å². The lowest BCUT2D eigenvalue weighted by Gasteiger charge is -2.39. The Balaban J connectivity index is 1.30. The van der Waals surface area contributed by atoms with Crippen LogP contribution in [-0.4, -0.2) is 49.3 Å². The van der Waals surface area contributed by atoms with Crippen LogP contribution in [0.3, 0.4) is 0 Å². The van der Waals surface area contributed by atoms with E-state index in [9.17, 15) is 4.79 Å². The van der Waals surface area contributed by atoms with Crippen LogP contribution in [0.1, 0.15) is 91.4 Å². The number of ether oxygens (including phenoxy) is 4. The molecule has 3 atom stereocenters. The fourth-order valence-electron chi connectivity index (χ4n) is 6.25. The van der Waals surface area contributed by atoms with Crippen molar-refractivity contribution in [2.75, 3.05) is 26.2 Å². The maximum atomic E-state index is 14.2. The molecule has 6 heteroatoms. The van der Waals surface area contributed by atoms with E-state index in [4.69, 9.17) is 18.9 Å². The number of ketones is 1. The fourth-order valence-corrected chi connectivity index (χ4v) is 6.25. The van der Waals surface area contributed by atoms with Crippen LogP contribution in [0.15, 0.2) is 66.7 Å². The van der Waals surface area contributed by atoms with Gasteiger partial charge in [-0.1, -0.05) is 57.2 Å². The van der Waals surface area contributed by atoms with Crippen LogP contribution in [0, 0.1) is 0 Å². The third kappa shape index (κ3) is 6.00. The number of Topliss-reactive ketones (excluding diaryl/α,β-unsaturated/α-hetero) is 1. The molecule has 3 unspecified atom stereocenters. The van der Waals surface area contributed by atoms with Crippen LogP contribution < -0.4 is 14.2 Å². The van der Waals surface area contributed by atoms with E-state index in [1.807, 2.05) is 54.6 Å². The van der Waals surface area contributed by atoms with E-state index in [0.717, 1.165) is 62.2 Å². The van der Waals surface area contributed by atoms with Gasteiger partial charge in [0.25, 0.3) is 0 Å². The molecule has 0 N–H and O–H groups in total. The average Bonchev–Trinajstić information content (AvgIpc) is 2.97. The molecule has 0 saturated carbocycles. The molecule has 3 aliphatic rings. The van der Waals surface area contributed by atoms with E-state index >= 15 is 0 Å². The van der Waals surface area contributed by atoms with Gasteiger partial charge in [-0.15, -0.1) is 0 Å². The van der Waals surface area contributed by atoms with Crippen LogP contribution >= 0.6 is 0 Å². The zero-order valence-electron chi connectivity index (χ0n) is 24.4. The Kier molecular flexibility index (Phi) is 8.31. The van der Waals surface area contributed by atoms with Crippen molar-refractivity contribution in [2.45, 2.75) is 76.8 Å². The second-order valence-corrected chi connectivity index (χ2v) is 11.8. The molecule has 0 aromatic heterocycles. The smallest absolute Gasteiger partial charge is 0.199 e. The van der Waals surface area contributed by atoms with E-state index in [1.54, 1.807) is 0 Å². The summed E-state index contributed by atoms with van der Waals surface area (Å²) in [4.78, 5) is 16.7. The summed E-state index contributed by atoms with van der Waals surface area (Å²) in [5, 5.41) is 0. The fraction of sp³-hybridized carbons (Fsp3) is 0.457. The van der Waals surface area contributed by atoms with Crippen LogP contribution in [0.4, 0.5) is 0 Å². The van der Waals surface area contributed by atoms with Crippen molar-refractivity contribution in [3.63, 3.8) is 0 Å². The van der Waals surface area contributed by atoms with Gasteiger partial charge in [-0.05, 0) is 72.7 Å². The number of likely N-dealkylation sites (tertiary alicyclic amines) is 1. The molecule has 0 aliphatic carbocycles. The predicted molar refractivity (Wildman–Crippen MR) is 159 cm³/mol. The van der Waals surface area contributed by atoms with Crippen molar-refractivity contribution < 1.29 is 23.7 Å². The minimum atomic E-state index is -0.478. The Labute approximate surface area is 243 Å². The monoisotopic (exact) mass is 555 g/mol. The average molecular weight is 556 g/mol. The summed E-state index contributed by atoms with van der Waals surface area (Å²) >= 11 is 0. The van der Waals surface area contributed by atoms with Gasteiger partial charge in [0, 0.05) is 25.6 Å². The maximum Gasteiger partial charge on any atom is 0.199 e. The van der Waals surface area contributed by atoms with Gasteiger partial charge >= 0.3 is 0 Å². The first-order valence-corrected chi connectivity index (χ1v) is 15.2. The van der Waals surface area contributed by atoms with Gasteiger partial charge < -0.3 is 18.9 Å². The highest BCUT2D eigenvalue weighted by atomic mass is 16.7.